The van der Waals surface area contributed by atoms with Gasteiger partial charge in [0.15, 0.2) is 0 Å². The standard InChI is InChI=1S/C32H40O3/c1-30-18-19-32(35,23-10-8-22(9-11-23)21-6-4-3-5-7-21)20-24(30)12-13-25-26-14-15-28(29(33)34)31(26,2)17-16-27(25)30/h3-11,24-28,35H,12-20H2,1-2H3,(H,33,34). The van der Waals surface area contributed by atoms with Crippen molar-refractivity contribution >= 4 is 5.97 Å². The molecule has 0 radical (unpaired) electrons. The van der Waals surface area contributed by atoms with Crippen LogP contribution in [-0.2, 0) is 10.4 Å². The minimum atomic E-state index is -0.739. The fraction of sp³-hybridized carbons (Fsp3) is 0.594. The lowest BCUT2D eigenvalue weighted by Crippen LogP contribution is -2.55. The predicted molar refractivity (Wildman–Crippen MR) is 139 cm³/mol. The molecule has 2 N–H and O–H groups in total. The maximum absolute atomic E-state index is 12.0. The molecule has 4 fully saturated rings. The third-order valence-corrected chi connectivity index (χ3v) is 11.6. The van der Waals surface area contributed by atoms with Crippen LogP contribution in [0.3, 0.4) is 0 Å². The van der Waals surface area contributed by atoms with E-state index in [1.807, 2.05) is 6.07 Å². The number of carboxylic acid groups (broad SMARTS) is 1. The summed E-state index contributed by atoms with van der Waals surface area (Å²) < 4.78 is 0. The van der Waals surface area contributed by atoms with Gasteiger partial charge in [-0.15, -0.1) is 0 Å². The molecule has 2 aromatic carbocycles. The number of carboxylic acids is 1. The zero-order chi connectivity index (χ0) is 24.4. The van der Waals surface area contributed by atoms with Crippen molar-refractivity contribution in [3.8, 4) is 11.1 Å². The van der Waals surface area contributed by atoms with Crippen LogP contribution >= 0.6 is 0 Å². The smallest absolute Gasteiger partial charge is 0.307 e. The minimum absolute atomic E-state index is 0.0217. The molecule has 0 aliphatic heterocycles. The number of fused-ring (bicyclic) bond motifs is 5. The lowest BCUT2D eigenvalue weighted by Gasteiger charge is -2.62. The summed E-state index contributed by atoms with van der Waals surface area (Å²) in [5.74, 6) is 1.71. The van der Waals surface area contributed by atoms with Crippen molar-refractivity contribution in [1.82, 2.24) is 0 Å². The minimum Gasteiger partial charge on any atom is -0.481 e. The van der Waals surface area contributed by atoms with Gasteiger partial charge < -0.3 is 10.2 Å². The highest BCUT2D eigenvalue weighted by atomic mass is 16.4. The first-order chi connectivity index (χ1) is 16.7. The molecule has 0 bridgehead atoms. The van der Waals surface area contributed by atoms with E-state index in [0.717, 1.165) is 44.1 Å². The van der Waals surface area contributed by atoms with Crippen molar-refractivity contribution < 1.29 is 15.0 Å². The van der Waals surface area contributed by atoms with Crippen molar-refractivity contribution in [1.29, 1.82) is 0 Å². The van der Waals surface area contributed by atoms with Gasteiger partial charge in [-0.2, -0.15) is 0 Å². The van der Waals surface area contributed by atoms with Crippen molar-refractivity contribution in [2.75, 3.05) is 0 Å². The number of aliphatic hydroxyl groups is 1. The fourth-order valence-corrected chi connectivity index (χ4v) is 9.52. The van der Waals surface area contributed by atoms with Gasteiger partial charge in [0.25, 0.3) is 0 Å². The number of hydrogen-bond acceptors (Lipinski definition) is 2. The molecule has 3 heteroatoms. The van der Waals surface area contributed by atoms with Gasteiger partial charge in [0, 0.05) is 0 Å². The Hall–Kier alpha value is -2.13. The highest BCUT2D eigenvalue weighted by Gasteiger charge is 2.62. The molecule has 8 unspecified atom stereocenters. The topological polar surface area (TPSA) is 57.5 Å². The summed E-state index contributed by atoms with van der Waals surface area (Å²) in [6.07, 6.45) is 9.31. The molecule has 0 spiro atoms. The van der Waals surface area contributed by atoms with E-state index >= 15 is 0 Å². The van der Waals surface area contributed by atoms with Crippen molar-refractivity contribution in [2.24, 2.45) is 40.4 Å². The van der Waals surface area contributed by atoms with Gasteiger partial charge in [-0.1, -0.05) is 68.4 Å². The molecule has 186 valence electrons. The Morgan fingerprint density at radius 2 is 1.46 bits per heavy atom. The van der Waals surface area contributed by atoms with E-state index in [9.17, 15) is 15.0 Å². The largest absolute Gasteiger partial charge is 0.481 e. The summed E-state index contributed by atoms with van der Waals surface area (Å²) >= 11 is 0. The number of benzene rings is 2. The van der Waals surface area contributed by atoms with Gasteiger partial charge >= 0.3 is 5.97 Å². The summed E-state index contributed by atoms with van der Waals surface area (Å²) in [6.45, 7) is 4.80. The van der Waals surface area contributed by atoms with E-state index < -0.39 is 11.6 Å². The Labute approximate surface area is 210 Å². The molecule has 8 atom stereocenters. The lowest BCUT2D eigenvalue weighted by molar-refractivity contribution is -0.162. The maximum Gasteiger partial charge on any atom is 0.307 e. The molecule has 4 saturated carbocycles. The zero-order valence-electron chi connectivity index (χ0n) is 21.2. The van der Waals surface area contributed by atoms with Crippen LogP contribution in [0.1, 0.15) is 77.2 Å². The molecular weight excluding hydrogens is 432 g/mol. The monoisotopic (exact) mass is 472 g/mol. The molecule has 0 amide bonds. The first-order valence-electron chi connectivity index (χ1n) is 13.9. The number of hydrogen-bond donors (Lipinski definition) is 2. The highest BCUT2D eigenvalue weighted by Crippen LogP contribution is 2.68. The van der Waals surface area contributed by atoms with E-state index in [2.05, 4.69) is 62.4 Å². The van der Waals surface area contributed by atoms with Crippen LogP contribution in [0.25, 0.3) is 11.1 Å². The van der Waals surface area contributed by atoms with Gasteiger partial charge in [0.2, 0.25) is 0 Å². The Kier molecular flexibility index (Phi) is 5.45. The fourth-order valence-electron chi connectivity index (χ4n) is 9.52. The number of rotatable bonds is 3. The summed E-state index contributed by atoms with van der Waals surface area (Å²) in [5, 5.41) is 21.7. The molecular formula is C32H40O3. The van der Waals surface area contributed by atoms with Gasteiger partial charge in [0.05, 0.1) is 11.5 Å². The number of carbonyl (C=O) groups is 1. The highest BCUT2D eigenvalue weighted by molar-refractivity contribution is 5.71. The molecule has 2 aromatic rings. The van der Waals surface area contributed by atoms with E-state index in [4.69, 9.17) is 0 Å². The second-order valence-electron chi connectivity index (χ2n) is 12.8. The quantitative estimate of drug-likeness (QED) is 0.493. The van der Waals surface area contributed by atoms with Gasteiger partial charge in [-0.3, -0.25) is 4.79 Å². The average Bonchev–Trinajstić information content (AvgIpc) is 3.23. The molecule has 0 aromatic heterocycles. The molecule has 0 saturated heterocycles. The third kappa shape index (κ3) is 3.52. The Morgan fingerprint density at radius 3 is 2.17 bits per heavy atom. The SMILES string of the molecule is CC12CCC(O)(c3ccc(-c4ccccc4)cc3)CC1CCC1C2CCC2(C)C(C(=O)O)CCC12. The molecule has 4 aliphatic rings. The van der Waals surface area contributed by atoms with Gasteiger partial charge in [0.1, 0.15) is 0 Å². The Balaban J connectivity index is 1.21. The molecule has 3 nitrogen and oxygen atoms in total. The van der Waals surface area contributed by atoms with Crippen molar-refractivity contribution in [2.45, 2.75) is 77.2 Å². The Bertz CT molecular complexity index is 1090. The zero-order valence-corrected chi connectivity index (χ0v) is 21.2. The van der Waals surface area contributed by atoms with Gasteiger partial charge in [-0.25, -0.2) is 0 Å². The summed E-state index contributed by atoms with van der Waals surface area (Å²) in [7, 11) is 0. The normalized spacial score (nSPS) is 42.5. The lowest BCUT2D eigenvalue weighted by atomic mass is 9.43. The summed E-state index contributed by atoms with van der Waals surface area (Å²) in [4.78, 5) is 12.0. The predicted octanol–water partition coefficient (Wildman–Crippen LogP) is 7.28. The van der Waals surface area contributed by atoms with E-state index in [1.54, 1.807) is 0 Å². The molecule has 6 rings (SSSR count). The van der Waals surface area contributed by atoms with Crippen LogP contribution < -0.4 is 0 Å². The first-order valence-corrected chi connectivity index (χ1v) is 13.9. The van der Waals surface area contributed by atoms with Crippen LogP contribution in [0.2, 0.25) is 0 Å². The maximum atomic E-state index is 12.0. The molecule has 4 aliphatic carbocycles. The second-order valence-corrected chi connectivity index (χ2v) is 12.8. The average molecular weight is 473 g/mol. The summed E-state index contributed by atoms with van der Waals surface area (Å²) in [5.41, 5.74) is 2.98. The van der Waals surface area contributed by atoms with Crippen LogP contribution in [0, 0.1) is 40.4 Å². The molecule has 0 heterocycles. The number of aliphatic carboxylic acids is 1. The van der Waals surface area contributed by atoms with Crippen molar-refractivity contribution in [3.63, 3.8) is 0 Å². The van der Waals surface area contributed by atoms with Crippen LogP contribution in [-0.4, -0.2) is 16.2 Å². The van der Waals surface area contributed by atoms with Crippen LogP contribution in [0.5, 0.6) is 0 Å². The van der Waals surface area contributed by atoms with E-state index in [1.165, 1.54) is 30.4 Å². The Morgan fingerprint density at radius 1 is 0.771 bits per heavy atom. The van der Waals surface area contributed by atoms with Crippen LogP contribution in [0.4, 0.5) is 0 Å². The summed E-state index contributed by atoms with van der Waals surface area (Å²) in [6, 6.07) is 19.0. The second kappa shape index (κ2) is 8.20. The third-order valence-electron chi connectivity index (χ3n) is 11.6. The van der Waals surface area contributed by atoms with Crippen LogP contribution in [0.15, 0.2) is 54.6 Å². The van der Waals surface area contributed by atoms with Crippen molar-refractivity contribution in [3.05, 3.63) is 60.2 Å². The van der Waals surface area contributed by atoms with Gasteiger partial charge in [-0.05, 0) is 109 Å². The van der Waals surface area contributed by atoms with E-state index in [-0.39, 0.29) is 16.7 Å². The molecule has 35 heavy (non-hydrogen) atoms. The first kappa shape index (κ1) is 23.3. The van der Waals surface area contributed by atoms with E-state index in [0.29, 0.717) is 23.7 Å².